The Morgan fingerprint density at radius 2 is 1.64 bits per heavy atom. The fraction of sp³-hybridized carbons (Fsp3) is 0.875. The number of rotatable bonds is 5. The molecule has 0 atom stereocenters. The molecule has 0 fully saturated rings. The van der Waals surface area contributed by atoms with E-state index in [1.54, 1.807) is 0 Å². The van der Waals surface area contributed by atoms with Crippen LogP contribution in [0.5, 0.6) is 0 Å². The summed E-state index contributed by atoms with van der Waals surface area (Å²) in [5, 5.41) is 0. The van der Waals surface area contributed by atoms with E-state index in [2.05, 4.69) is 20.3 Å². The summed E-state index contributed by atoms with van der Waals surface area (Å²) in [4.78, 5) is 0. The van der Waals surface area contributed by atoms with Crippen LogP contribution in [0.25, 0.3) is 0 Å². The van der Waals surface area contributed by atoms with Crippen LogP contribution < -0.4 is 0 Å². The second-order valence-corrected chi connectivity index (χ2v) is 2.57. The van der Waals surface area contributed by atoms with Gasteiger partial charge in [-0.2, -0.15) is 12.8 Å². The van der Waals surface area contributed by atoms with Gasteiger partial charge in [-0.3, -0.25) is 0 Å². The van der Waals surface area contributed by atoms with E-state index >= 15 is 0 Å². The Labute approximate surface area is 76.9 Å². The van der Waals surface area contributed by atoms with Crippen molar-refractivity contribution in [2.24, 2.45) is 0 Å². The Hall–Kier alpha value is 0.223. The molecule has 0 saturated carbocycles. The molecule has 0 radical (unpaired) electrons. The Bertz CT molecular complexity index is 82.1. The molecule has 0 aliphatic heterocycles. The molecule has 2 nitrogen and oxygen atoms in total. The van der Waals surface area contributed by atoms with Crippen LogP contribution in [0.1, 0.15) is 46.0 Å². The first kappa shape index (κ1) is 13.8. The molecule has 0 heterocycles. The molecule has 0 amide bonds. The topological polar surface area (TPSA) is 34.1 Å². The predicted molar refractivity (Wildman–Crippen MR) is 40.1 cm³/mol. The summed E-state index contributed by atoms with van der Waals surface area (Å²) in [5.41, 5.74) is 0. The van der Waals surface area contributed by atoms with E-state index in [9.17, 15) is 0 Å². The van der Waals surface area contributed by atoms with Crippen molar-refractivity contribution < 1.29 is 24.2 Å². The first-order valence-corrected chi connectivity index (χ1v) is 5.44. The van der Waals surface area contributed by atoms with Crippen LogP contribution in [0.2, 0.25) is 0 Å². The molecule has 0 spiro atoms. The van der Waals surface area contributed by atoms with Crippen LogP contribution in [0.4, 0.5) is 0 Å². The van der Waals surface area contributed by atoms with Crippen LogP contribution >= 0.6 is 0 Å². The van der Waals surface area contributed by atoms with Crippen molar-refractivity contribution in [3.05, 3.63) is 6.42 Å². The molecule has 0 saturated heterocycles. The number of unbranched alkanes of at least 4 members (excludes halogenated alkanes) is 5. The van der Waals surface area contributed by atoms with Crippen LogP contribution in [0.15, 0.2) is 0 Å². The molecule has 0 N–H and O–H groups in total. The summed E-state index contributed by atoms with van der Waals surface area (Å²) in [7, 11) is 0. The van der Waals surface area contributed by atoms with Crippen molar-refractivity contribution in [1.82, 2.24) is 0 Å². The zero-order valence-electron chi connectivity index (χ0n) is 7.28. The molecule has 0 aliphatic rings. The number of hydrogen-bond donors (Lipinski definition) is 0. The summed E-state index contributed by atoms with van der Waals surface area (Å²) in [6.45, 7) is 4.46. The molecule has 0 rings (SSSR count). The summed E-state index contributed by atoms with van der Waals surface area (Å²) in [6.07, 6.45) is 9.04. The zero-order valence-corrected chi connectivity index (χ0v) is 9.02. The van der Waals surface area contributed by atoms with Gasteiger partial charge in [0.15, 0.2) is 0 Å². The van der Waals surface area contributed by atoms with Crippen molar-refractivity contribution in [2.75, 3.05) is 0 Å². The normalized spacial score (nSPS) is 8.55. The molecule has 0 unspecified atom stereocenters. The fourth-order valence-corrected chi connectivity index (χ4v) is 0.697. The van der Waals surface area contributed by atoms with Gasteiger partial charge in [-0.25, -0.2) is 0 Å². The SMILES string of the molecule is CCC[CH-]CCCC.[O]=[Ru]=[O]. The van der Waals surface area contributed by atoms with Crippen molar-refractivity contribution in [3.8, 4) is 0 Å². The first-order chi connectivity index (χ1) is 5.33. The van der Waals surface area contributed by atoms with E-state index in [-0.39, 0.29) is 0 Å². The molecule has 0 aromatic rings. The van der Waals surface area contributed by atoms with Gasteiger partial charge < -0.3 is 6.42 Å². The Balaban J connectivity index is 0. The van der Waals surface area contributed by atoms with E-state index in [4.69, 9.17) is 7.15 Å². The Morgan fingerprint density at radius 3 is 2.00 bits per heavy atom. The third kappa shape index (κ3) is 25.3. The predicted octanol–water partition coefficient (Wildman–Crippen LogP) is 2.94. The molecule has 11 heavy (non-hydrogen) atoms. The monoisotopic (exact) mass is 247 g/mol. The van der Waals surface area contributed by atoms with Crippen molar-refractivity contribution >= 4 is 0 Å². The Kier molecular flexibility index (Phi) is 20.9. The summed E-state index contributed by atoms with van der Waals surface area (Å²) in [5.74, 6) is 0. The second-order valence-electron chi connectivity index (χ2n) is 2.28. The molecule has 0 bridgehead atoms. The van der Waals surface area contributed by atoms with Crippen LogP contribution in [-0.4, -0.2) is 0 Å². The van der Waals surface area contributed by atoms with Crippen molar-refractivity contribution in [2.45, 2.75) is 46.0 Å². The van der Waals surface area contributed by atoms with Crippen molar-refractivity contribution in [1.29, 1.82) is 0 Å². The summed E-state index contributed by atoms with van der Waals surface area (Å²) >= 11 is -1.79. The molecular formula is C8H17O2Ru-. The quantitative estimate of drug-likeness (QED) is 0.424. The molecular weight excluding hydrogens is 229 g/mol. The molecule has 0 aliphatic carbocycles. The van der Waals surface area contributed by atoms with Gasteiger partial charge in [-0.1, -0.05) is 33.1 Å². The van der Waals surface area contributed by atoms with Crippen molar-refractivity contribution in [3.63, 3.8) is 0 Å². The van der Waals surface area contributed by atoms with Gasteiger partial charge in [0.25, 0.3) is 0 Å². The van der Waals surface area contributed by atoms with Gasteiger partial charge in [-0.05, 0) is 0 Å². The zero-order chi connectivity index (χ0) is 8.95. The van der Waals surface area contributed by atoms with E-state index < -0.39 is 17.0 Å². The third-order valence-corrected chi connectivity index (χ3v) is 1.25. The van der Waals surface area contributed by atoms with E-state index in [0.717, 1.165) is 0 Å². The van der Waals surface area contributed by atoms with Crippen LogP contribution in [0.3, 0.4) is 0 Å². The van der Waals surface area contributed by atoms with E-state index in [1.165, 1.54) is 32.1 Å². The van der Waals surface area contributed by atoms with Gasteiger partial charge in [0.05, 0.1) is 0 Å². The van der Waals surface area contributed by atoms with Crippen LogP contribution in [-0.2, 0) is 24.2 Å². The summed E-state index contributed by atoms with van der Waals surface area (Å²) < 4.78 is 16.9. The Morgan fingerprint density at radius 1 is 1.09 bits per heavy atom. The molecule has 3 heteroatoms. The van der Waals surface area contributed by atoms with Gasteiger partial charge in [0.2, 0.25) is 0 Å². The molecule has 0 aromatic heterocycles. The average Bonchev–Trinajstić information content (AvgIpc) is 2.00. The van der Waals surface area contributed by atoms with Gasteiger partial charge in [-0.15, -0.1) is 0 Å². The van der Waals surface area contributed by atoms with Crippen LogP contribution in [0, 0.1) is 6.42 Å². The fourth-order valence-electron chi connectivity index (χ4n) is 0.697. The minimum atomic E-state index is -1.79. The average molecular weight is 246 g/mol. The number of hydrogen-bond acceptors (Lipinski definition) is 2. The molecule has 0 aromatic carbocycles. The molecule has 70 valence electrons. The van der Waals surface area contributed by atoms with E-state index in [1.807, 2.05) is 0 Å². The second kappa shape index (κ2) is 16.7. The standard InChI is InChI=1S/C8H17.2O.Ru/c1-3-5-7-8-6-4-2;;;/h7H,3-6,8H2,1-2H3;;;/q-1;;;. The minimum absolute atomic E-state index is 1.31. The maximum atomic E-state index is 8.46. The van der Waals surface area contributed by atoms with E-state index in [0.29, 0.717) is 0 Å². The van der Waals surface area contributed by atoms with Gasteiger partial charge >= 0.3 is 24.2 Å². The van der Waals surface area contributed by atoms with Gasteiger partial charge in [0, 0.05) is 0 Å². The van der Waals surface area contributed by atoms with Gasteiger partial charge in [0.1, 0.15) is 0 Å². The maximum absolute atomic E-state index is 8.46. The first-order valence-electron chi connectivity index (χ1n) is 4.02. The third-order valence-electron chi connectivity index (χ3n) is 1.25. The summed E-state index contributed by atoms with van der Waals surface area (Å²) in [6, 6.07) is 0.